The fourth-order valence-electron chi connectivity index (χ4n) is 6.20. The van der Waals surface area contributed by atoms with Crippen LogP contribution in [-0.4, -0.2) is 95.0 Å². The van der Waals surface area contributed by atoms with Crippen molar-refractivity contribution in [2.45, 2.75) is 95.9 Å². The summed E-state index contributed by atoms with van der Waals surface area (Å²) in [5.41, 5.74) is -0.396. The van der Waals surface area contributed by atoms with E-state index in [9.17, 15) is 14.4 Å². The van der Waals surface area contributed by atoms with Crippen molar-refractivity contribution in [3.05, 3.63) is 48.6 Å². The largest absolute Gasteiger partial charge is 0.460 e. The second-order valence-electron chi connectivity index (χ2n) is 14.1. The number of carbonyl (C=O) groups is 3. The predicted octanol–water partition coefficient (Wildman–Crippen LogP) is 5.60. The molecule has 1 saturated carbocycles. The molecule has 3 fully saturated rings. The van der Waals surface area contributed by atoms with Gasteiger partial charge in [-0.1, -0.05) is 43.0 Å². The molecule has 0 spiro atoms. The first-order valence-electron chi connectivity index (χ1n) is 15.2. The van der Waals surface area contributed by atoms with E-state index in [2.05, 4.69) is 23.6 Å². The second-order valence-corrected chi connectivity index (χ2v) is 14.1. The van der Waals surface area contributed by atoms with E-state index in [-0.39, 0.29) is 37.2 Å². The van der Waals surface area contributed by atoms with Crippen LogP contribution in [0.4, 0.5) is 9.59 Å². The van der Waals surface area contributed by atoms with Gasteiger partial charge in [-0.2, -0.15) is 0 Å². The minimum atomic E-state index is -0.585. The molecule has 0 bridgehead atoms. The number of amides is 2. The zero-order valence-corrected chi connectivity index (χ0v) is 26.3. The molecule has 0 N–H and O–H groups in total. The van der Waals surface area contributed by atoms with Crippen molar-refractivity contribution in [1.82, 2.24) is 14.7 Å². The molecule has 2 atom stereocenters. The molecule has 2 heterocycles. The summed E-state index contributed by atoms with van der Waals surface area (Å²) in [5.74, 6) is 0.383. The van der Waals surface area contributed by atoms with Crippen LogP contribution in [0.2, 0.25) is 0 Å². The Labute approximate surface area is 251 Å². The number of esters is 1. The average molecular weight is 584 g/mol. The van der Waals surface area contributed by atoms with Gasteiger partial charge in [0, 0.05) is 31.6 Å². The summed E-state index contributed by atoms with van der Waals surface area (Å²) in [6.07, 6.45) is 3.88. The fraction of sp³-hybridized carbons (Fsp3) is 0.667. The highest BCUT2D eigenvalue weighted by atomic mass is 16.6. The van der Waals surface area contributed by atoms with Crippen molar-refractivity contribution < 1.29 is 28.6 Å². The van der Waals surface area contributed by atoms with Crippen LogP contribution >= 0.6 is 0 Å². The summed E-state index contributed by atoms with van der Waals surface area (Å²) >= 11 is 0. The zero-order chi connectivity index (χ0) is 30.7. The van der Waals surface area contributed by atoms with Crippen LogP contribution in [0.1, 0.15) is 78.7 Å². The molecule has 9 nitrogen and oxygen atoms in total. The van der Waals surface area contributed by atoms with Crippen molar-refractivity contribution in [2.75, 3.05) is 39.3 Å². The van der Waals surface area contributed by atoms with Crippen molar-refractivity contribution in [1.29, 1.82) is 0 Å². The maximum absolute atomic E-state index is 13.1. The Hall–Kier alpha value is -3.07. The molecule has 2 amide bonds. The molecule has 4 rings (SSSR count). The Bertz CT molecular complexity index is 1110. The van der Waals surface area contributed by atoms with E-state index in [1.807, 2.05) is 64.6 Å². The number of benzene rings is 1. The van der Waals surface area contributed by atoms with E-state index in [0.29, 0.717) is 31.5 Å². The quantitative estimate of drug-likeness (QED) is 0.212. The van der Waals surface area contributed by atoms with Crippen LogP contribution in [0, 0.1) is 5.92 Å². The summed E-state index contributed by atoms with van der Waals surface area (Å²) < 4.78 is 16.8. The van der Waals surface area contributed by atoms with Crippen LogP contribution in [0.25, 0.3) is 0 Å². The summed E-state index contributed by atoms with van der Waals surface area (Å²) in [6, 6.07) is 10.5. The van der Waals surface area contributed by atoms with Crippen LogP contribution in [0.5, 0.6) is 0 Å². The summed E-state index contributed by atoms with van der Waals surface area (Å²) in [6.45, 7) is 18.1. The average Bonchev–Trinajstić information content (AvgIpc) is 3.67. The van der Waals surface area contributed by atoms with Crippen molar-refractivity contribution in [3.63, 3.8) is 0 Å². The highest BCUT2D eigenvalue weighted by Gasteiger charge is 2.53. The molecule has 0 radical (unpaired) electrons. The maximum Gasteiger partial charge on any atom is 0.410 e. The second kappa shape index (κ2) is 12.7. The van der Waals surface area contributed by atoms with Crippen LogP contribution < -0.4 is 0 Å². The first kappa shape index (κ1) is 31.9. The molecule has 9 heteroatoms. The van der Waals surface area contributed by atoms with Gasteiger partial charge in [0.2, 0.25) is 0 Å². The molecule has 0 unspecified atom stereocenters. The molecule has 1 aromatic carbocycles. The monoisotopic (exact) mass is 583 g/mol. The summed E-state index contributed by atoms with van der Waals surface area (Å²) in [4.78, 5) is 44.8. The Morgan fingerprint density at radius 2 is 1.62 bits per heavy atom. The van der Waals surface area contributed by atoms with Crippen molar-refractivity contribution in [2.24, 2.45) is 5.92 Å². The third-order valence-corrected chi connectivity index (χ3v) is 8.20. The number of piperidine rings is 1. The highest BCUT2D eigenvalue weighted by molar-refractivity contribution is 5.74. The number of hydrogen-bond acceptors (Lipinski definition) is 7. The number of hydrogen-bond donors (Lipinski definition) is 0. The first-order chi connectivity index (χ1) is 19.7. The van der Waals surface area contributed by atoms with Gasteiger partial charge in [-0.3, -0.25) is 9.69 Å². The van der Waals surface area contributed by atoms with Gasteiger partial charge in [0.15, 0.2) is 0 Å². The molecule has 0 aromatic heterocycles. The maximum atomic E-state index is 13.1. The first-order valence-corrected chi connectivity index (χ1v) is 15.2. The molecule has 1 aliphatic carbocycles. The van der Waals surface area contributed by atoms with Gasteiger partial charge in [0.05, 0.1) is 12.0 Å². The molecule has 2 aliphatic heterocycles. The lowest BCUT2D eigenvalue weighted by molar-refractivity contribution is -0.164. The van der Waals surface area contributed by atoms with Gasteiger partial charge in [0.1, 0.15) is 17.8 Å². The molecular weight excluding hydrogens is 534 g/mol. The van der Waals surface area contributed by atoms with Gasteiger partial charge in [-0.25, -0.2) is 9.59 Å². The van der Waals surface area contributed by atoms with E-state index in [1.54, 1.807) is 11.0 Å². The van der Waals surface area contributed by atoms with Crippen molar-refractivity contribution >= 4 is 18.2 Å². The Balaban J connectivity index is 1.40. The SMILES string of the molecule is C=CCOC(=O)N(CC1CCN(C2(CC(=O)OC(C)(C)C)CN(C(=O)OC(C)(C)C)C2)CC1)[C@@H]1C[C@H]1c1ccccc1. The normalized spacial score (nSPS) is 22.5. The smallest absolute Gasteiger partial charge is 0.410 e. The molecule has 2 saturated heterocycles. The standard InChI is InChI=1S/C33H49N3O6/c1-8-18-40-30(39)36(27-19-26(27)25-12-10-9-11-13-25)21-24-14-16-35(17-15-24)33(20-28(37)41-31(2,3)4)22-34(23-33)29(38)42-32(5,6)7/h8-13,24,26-27H,1,14-23H2,2-7H3/t26-,27+/m0/s1. The van der Waals surface area contributed by atoms with E-state index in [0.717, 1.165) is 32.4 Å². The van der Waals surface area contributed by atoms with Crippen LogP contribution in [0.3, 0.4) is 0 Å². The Kier molecular flexibility index (Phi) is 9.60. The minimum absolute atomic E-state index is 0.135. The number of nitrogens with zero attached hydrogens (tertiary/aromatic N) is 3. The highest BCUT2D eigenvalue weighted by Crippen LogP contribution is 2.46. The lowest BCUT2D eigenvalue weighted by Crippen LogP contribution is -2.73. The third kappa shape index (κ3) is 8.27. The van der Waals surface area contributed by atoms with E-state index < -0.39 is 16.7 Å². The number of likely N-dealkylation sites (tertiary alicyclic amines) is 2. The van der Waals surface area contributed by atoms with Crippen molar-refractivity contribution in [3.8, 4) is 0 Å². The molecule has 232 valence electrons. The van der Waals surface area contributed by atoms with Gasteiger partial charge >= 0.3 is 18.2 Å². The fourth-order valence-corrected chi connectivity index (χ4v) is 6.20. The summed E-state index contributed by atoms with van der Waals surface area (Å²) in [5, 5.41) is 0. The van der Waals surface area contributed by atoms with Gasteiger partial charge in [0.25, 0.3) is 0 Å². The Morgan fingerprint density at radius 1 is 1.00 bits per heavy atom. The number of carbonyl (C=O) groups excluding carboxylic acids is 3. The van der Waals surface area contributed by atoms with E-state index >= 15 is 0 Å². The molecule has 1 aromatic rings. The van der Waals surface area contributed by atoms with E-state index in [1.165, 1.54) is 5.56 Å². The molecule has 42 heavy (non-hydrogen) atoms. The zero-order valence-electron chi connectivity index (χ0n) is 26.3. The molecule has 3 aliphatic rings. The number of rotatable bonds is 9. The number of ether oxygens (including phenoxy) is 3. The van der Waals surface area contributed by atoms with Gasteiger partial charge < -0.3 is 24.0 Å². The lowest BCUT2D eigenvalue weighted by atomic mass is 9.81. The predicted molar refractivity (Wildman–Crippen MR) is 161 cm³/mol. The minimum Gasteiger partial charge on any atom is -0.460 e. The Morgan fingerprint density at radius 3 is 2.19 bits per heavy atom. The summed E-state index contributed by atoms with van der Waals surface area (Å²) in [7, 11) is 0. The van der Waals surface area contributed by atoms with E-state index in [4.69, 9.17) is 14.2 Å². The topological polar surface area (TPSA) is 88.6 Å². The van der Waals surface area contributed by atoms with Crippen LogP contribution in [0.15, 0.2) is 43.0 Å². The van der Waals surface area contributed by atoms with Gasteiger partial charge in [-0.15, -0.1) is 0 Å². The molecular formula is C33H49N3O6. The van der Waals surface area contributed by atoms with Crippen LogP contribution in [-0.2, 0) is 19.0 Å². The third-order valence-electron chi connectivity index (χ3n) is 8.20. The van der Waals surface area contributed by atoms with Gasteiger partial charge in [-0.05, 0) is 85.4 Å². The lowest BCUT2D eigenvalue weighted by Gasteiger charge is -2.56.